The molecule has 0 N–H and O–H groups in total. The van der Waals surface area contributed by atoms with Gasteiger partial charge < -0.3 is 9.47 Å². The van der Waals surface area contributed by atoms with Gasteiger partial charge in [0, 0.05) is 0 Å². The number of rotatable bonds is 6. The Balaban J connectivity index is 1.00. The lowest BCUT2D eigenvalue weighted by Crippen LogP contribution is -2.40. The lowest BCUT2D eigenvalue weighted by Gasteiger charge is -2.37. The van der Waals surface area contributed by atoms with Crippen LogP contribution in [0.1, 0.15) is 22.3 Å². The Kier molecular flexibility index (Phi) is 5.03. The highest BCUT2D eigenvalue weighted by molar-refractivity contribution is 6.22. The maximum Gasteiger partial charge on any atom is 0.343 e. The first-order valence-corrected chi connectivity index (χ1v) is 12.7. The smallest absolute Gasteiger partial charge is 0.343 e. The highest BCUT2D eigenvalue weighted by Gasteiger charge is 2.67. The molecule has 1 saturated heterocycles. The molecule has 0 radical (unpaired) electrons. The van der Waals surface area contributed by atoms with E-state index in [1.165, 1.54) is 4.90 Å². The number of imide groups is 1. The van der Waals surface area contributed by atoms with Crippen molar-refractivity contribution in [3.63, 3.8) is 0 Å². The first-order valence-electron chi connectivity index (χ1n) is 12.7. The van der Waals surface area contributed by atoms with Gasteiger partial charge in [-0.3, -0.25) is 14.5 Å². The number of anilines is 1. The zero-order valence-electron chi connectivity index (χ0n) is 20.0. The average molecular weight is 492 g/mol. The Morgan fingerprint density at radius 2 is 1.35 bits per heavy atom. The van der Waals surface area contributed by atoms with Crippen molar-refractivity contribution >= 4 is 23.5 Å². The van der Waals surface area contributed by atoms with Gasteiger partial charge in [-0.25, -0.2) is 4.79 Å². The van der Waals surface area contributed by atoms with Crippen LogP contribution in [0.15, 0.2) is 91.0 Å². The van der Waals surface area contributed by atoms with Crippen molar-refractivity contribution in [1.29, 1.82) is 0 Å². The lowest BCUT2D eigenvalue weighted by atomic mass is 9.63. The second-order valence-corrected chi connectivity index (χ2v) is 10.3. The van der Waals surface area contributed by atoms with Gasteiger partial charge in [0.15, 0.2) is 0 Å². The molecule has 5 aliphatic rings. The molecule has 4 aliphatic carbocycles. The van der Waals surface area contributed by atoms with Gasteiger partial charge in [0.2, 0.25) is 11.8 Å². The van der Waals surface area contributed by atoms with Crippen molar-refractivity contribution in [1.82, 2.24) is 0 Å². The van der Waals surface area contributed by atoms with E-state index in [1.807, 2.05) is 30.3 Å². The van der Waals surface area contributed by atoms with E-state index in [-0.39, 0.29) is 35.5 Å². The second-order valence-electron chi connectivity index (χ2n) is 10.3. The minimum Gasteiger partial charge on any atom is -0.489 e. The summed E-state index contributed by atoms with van der Waals surface area (Å²) in [5.74, 6) is 1.37. The number of allylic oxidation sites excluding steroid dienone is 2. The fourth-order valence-electron chi connectivity index (χ4n) is 6.47. The Labute approximate surface area is 214 Å². The molecule has 37 heavy (non-hydrogen) atoms. The zero-order chi connectivity index (χ0) is 25.1. The number of ether oxygens (including phenoxy) is 2. The maximum atomic E-state index is 13.3. The summed E-state index contributed by atoms with van der Waals surface area (Å²) in [6.45, 7) is 0.453. The normalized spacial score (nSPS) is 28.6. The van der Waals surface area contributed by atoms with Crippen LogP contribution in [0.25, 0.3) is 0 Å². The Hall–Kier alpha value is -4.19. The van der Waals surface area contributed by atoms with Crippen molar-refractivity contribution in [2.75, 3.05) is 4.90 Å². The van der Waals surface area contributed by atoms with Crippen LogP contribution >= 0.6 is 0 Å². The Bertz CT molecular complexity index is 1380. The van der Waals surface area contributed by atoms with Crippen molar-refractivity contribution in [3.05, 3.63) is 102 Å². The molecule has 3 fully saturated rings. The van der Waals surface area contributed by atoms with Crippen LogP contribution < -0.4 is 14.4 Å². The van der Waals surface area contributed by atoms with Gasteiger partial charge in [-0.15, -0.1) is 0 Å². The molecule has 2 saturated carbocycles. The van der Waals surface area contributed by atoms with Crippen LogP contribution in [-0.4, -0.2) is 17.8 Å². The number of esters is 1. The third-order valence-corrected chi connectivity index (χ3v) is 8.31. The van der Waals surface area contributed by atoms with Crippen molar-refractivity contribution in [2.24, 2.45) is 35.5 Å². The molecule has 1 heterocycles. The molecule has 3 aromatic carbocycles. The number of hydrogen-bond donors (Lipinski definition) is 0. The lowest BCUT2D eigenvalue weighted by molar-refractivity contribution is -0.124. The fourth-order valence-corrected chi connectivity index (χ4v) is 6.47. The first-order chi connectivity index (χ1) is 18.1. The quantitative estimate of drug-likeness (QED) is 0.209. The van der Waals surface area contributed by atoms with Gasteiger partial charge in [0.25, 0.3) is 0 Å². The van der Waals surface area contributed by atoms with Crippen LogP contribution in [0.2, 0.25) is 0 Å². The molecule has 0 aromatic heterocycles. The summed E-state index contributed by atoms with van der Waals surface area (Å²) >= 11 is 0. The van der Waals surface area contributed by atoms with Crippen LogP contribution in [0, 0.1) is 35.5 Å². The number of amides is 2. The molecule has 2 amide bonds. The molecule has 3 aromatic rings. The molecule has 0 spiro atoms. The molecular formula is C31H25NO5. The van der Waals surface area contributed by atoms with Crippen molar-refractivity contribution < 1.29 is 23.9 Å². The third-order valence-electron chi connectivity index (χ3n) is 8.31. The molecular weight excluding hydrogens is 466 g/mol. The first kappa shape index (κ1) is 22.0. The molecule has 1 aliphatic heterocycles. The van der Waals surface area contributed by atoms with Crippen LogP contribution in [-0.2, 0) is 16.2 Å². The van der Waals surface area contributed by atoms with Gasteiger partial charge >= 0.3 is 5.97 Å². The number of carbonyl (C=O) groups is 3. The minimum atomic E-state index is -0.514. The van der Waals surface area contributed by atoms with Crippen LogP contribution in [0.5, 0.6) is 11.5 Å². The highest BCUT2D eigenvalue weighted by Crippen LogP contribution is 2.65. The van der Waals surface area contributed by atoms with E-state index in [0.717, 1.165) is 12.0 Å². The predicted molar refractivity (Wildman–Crippen MR) is 136 cm³/mol. The van der Waals surface area contributed by atoms with E-state index < -0.39 is 5.97 Å². The van der Waals surface area contributed by atoms with Crippen molar-refractivity contribution in [3.8, 4) is 11.5 Å². The van der Waals surface area contributed by atoms with Gasteiger partial charge in [0.05, 0.1) is 23.1 Å². The standard InChI is InChI=1S/C31H25NO5/c33-29-27-23-14-15-24(26-16-25(23)26)28(27)30(34)32(29)20-8-6-19(7-9-20)31(35)37-22-12-10-21(11-13-22)36-17-18-4-2-1-3-5-18/h1-15,23-28H,16-17H2/t23-,24-,25-,26+,27-,28+/m0/s1. The summed E-state index contributed by atoms with van der Waals surface area (Å²) in [6, 6.07) is 23.2. The molecule has 2 bridgehead atoms. The minimum absolute atomic E-state index is 0.107. The van der Waals surface area contributed by atoms with Gasteiger partial charge in [0.1, 0.15) is 18.1 Å². The summed E-state index contributed by atoms with van der Waals surface area (Å²) in [4.78, 5) is 40.6. The molecule has 6 nitrogen and oxygen atoms in total. The number of hydrogen-bond acceptors (Lipinski definition) is 5. The van der Waals surface area contributed by atoms with E-state index >= 15 is 0 Å². The zero-order valence-corrected chi connectivity index (χ0v) is 20.0. The number of carbonyl (C=O) groups excluding carboxylic acids is 3. The molecule has 8 rings (SSSR count). The SMILES string of the molecule is O=C(Oc1ccc(OCc2ccccc2)cc1)c1ccc(N2C(=O)[C@@H]3[C@H]4C=C[C@@H]([C@@H]5C[C@H]45)[C@@H]3C2=O)cc1. The van der Waals surface area contributed by atoms with Crippen LogP contribution in [0.4, 0.5) is 5.69 Å². The predicted octanol–water partition coefficient (Wildman–Crippen LogP) is 5.04. The van der Waals surface area contributed by atoms with Crippen LogP contribution in [0.3, 0.4) is 0 Å². The van der Waals surface area contributed by atoms with E-state index in [1.54, 1.807) is 48.5 Å². The maximum absolute atomic E-state index is 13.3. The van der Waals surface area contributed by atoms with Crippen molar-refractivity contribution in [2.45, 2.75) is 13.0 Å². The summed E-state index contributed by atoms with van der Waals surface area (Å²) in [6.07, 6.45) is 5.46. The average Bonchev–Trinajstić information content (AvgIpc) is 3.72. The van der Waals surface area contributed by atoms with Gasteiger partial charge in [-0.2, -0.15) is 0 Å². The fraction of sp³-hybridized carbons (Fsp3) is 0.258. The van der Waals surface area contributed by atoms with E-state index in [2.05, 4.69) is 12.2 Å². The molecule has 6 heteroatoms. The topological polar surface area (TPSA) is 72.9 Å². The molecule has 184 valence electrons. The summed E-state index contributed by atoms with van der Waals surface area (Å²) < 4.78 is 11.3. The second kappa shape index (κ2) is 8.44. The third kappa shape index (κ3) is 3.67. The number of benzene rings is 3. The molecule has 0 unspecified atom stereocenters. The largest absolute Gasteiger partial charge is 0.489 e. The Morgan fingerprint density at radius 1 is 0.757 bits per heavy atom. The van der Waals surface area contributed by atoms with E-state index in [0.29, 0.717) is 41.2 Å². The Morgan fingerprint density at radius 3 is 1.97 bits per heavy atom. The summed E-state index contributed by atoms with van der Waals surface area (Å²) in [5, 5.41) is 0. The summed E-state index contributed by atoms with van der Waals surface area (Å²) in [7, 11) is 0. The van der Waals surface area contributed by atoms with Gasteiger partial charge in [-0.05, 0) is 84.2 Å². The summed E-state index contributed by atoms with van der Waals surface area (Å²) in [5.41, 5.74) is 1.92. The number of nitrogens with zero attached hydrogens (tertiary/aromatic N) is 1. The van der Waals surface area contributed by atoms with E-state index in [9.17, 15) is 14.4 Å². The highest BCUT2D eigenvalue weighted by atomic mass is 16.5. The monoisotopic (exact) mass is 491 g/mol. The van der Waals surface area contributed by atoms with E-state index in [4.69, 9.17) is 9.47 Å². The molecule has 6 atom stereocenters. The van der Waals surface area contributed by atoms with Gasteiger partial charge in [-0.1, -0.05) is 42.5 Å².